The van der Waals surface area contributed by atoms with E-state index in [9.17, 15) is 4.79 Å². The van der Waals surface area contributed by atoms with E-state index in [1.807, 2.05) is 13.0 Å². The Morgan fingerprint density at radius 3 is 2.95 bits per heavy atom. The summed E-state index contributed by atoms with van der Waals surface area (Å²) in [5.41, 5.74) is 1.59. The fraction of sp³-hybridized carbons (Fsp3) is 0.562. The van der Waals surface area contributed by atoms with Gasteiger partial charge in [-0.25, -0.2) is 0 Å². The van der Waals surface area contributed by atoms with E-state index in [0.29, 0.717) is 18.9 Å². The van der Waals surface area contributed by atoms with Crippen molar-refractivity contribution in [2.45, 2.75) is 26.3 Å². The van der Waals surface area contributed by atoms with Gasteiger partial charge in [0.1, 0.15) is 0 Å². The van der Waals surface area contributed by atoms with Crippen molar-refractivity contribution in [1.29, 1.82) is 0 Å². The third-order valence-corrected chi connectivity index (χ3v) is 4.43. The standard InChI is InChI=1S/C16H21NO2/c1-2-19-15(18)9-16-8-14(16)11-17(12-16)10-13-6-4-3-5-7-13/h3-7,14H,2,8-12H2,1H3/t14-,16-/m1/s1. The molecule has 0 spiro atoms. The minimum Gasteiger partial charge on any atom is -0.466 e. The van der Waals surface area contributed by atoms with Crippen molar-refractivity contribution in [3.05, 3.63) is 35.9 Å². The molecule has 0 unspecified atom stereocenters. The molecule has 0 bridgehead atoms. The maximum atomic E-state index is 11.7. The lowest BCUT2D eigenvalue weighted by Gasteiger charge is -2.20. The predicted molar refractivity (Wildman–Crippen MR) is 73.5 cm³/mol. The molecule has 3 heteroatoms. The summed E-state index contributed by atoms with van der Waals surface area (Å²) in [5, 5.41) is 0. The zero-order valence-corrected chi connectivity index (χ0v) is 11.5. The molecule has 19 heavy (non-hydrogen) atoms. The van der Waals surface area contributed by atoms with Gasteiger partial charge < -0.3 is 4.74 Å². The van der Waals surface area contributed by atoms with E-state index in [1.54, 1.807) is 0 Å². The molecule has 1 aromatic rings. The molecule has 1 aliphatic heterocycles. The van der Waals surface area contributed by atoms with Crippen LogP contribution in [-0.2, 0) is 16.1 Å². The van der Waals surface area contributed by atoms with E-state index in [0.717, 1.165) is 19.6 Å². The highest BCUT2D eigenvalue weighted by Crippen LogP contribution is 2.60. The van der Waals surface area contributed by atoms with Crippen LogP contribution in [0.1, 0.15) is 25.3 Å². The molecule has 1 aliphatic carbocycles. The molecule has 0 radical (unpaired) electrons. The highest BCUT2D eigenvalue weighted by Gasteiger charge is 2.60. The Hall–Kier alpha value is -1.35. The van der Waals surface area contributed by atoms with E-state index in [-0.39, 0.29) is 11.4 Å². The number of hydrogen-bond acceptors (Lipinski definition) is 3. The fourth-order valence-electron chi connectivity index (χ4n) is 3.44. The molecule has 3 nitrogen and oxygen atoms in total. The second-order valence-electron chi connectivity index (χ2n) is 5.90. The average molecular weight is 259 g/mol. The van der Waals surface area contributed by atoms with Crippen molar-refractivity contribution in [2.75, 3.05) is 19.7 Å². The molecule has 2 fully saturated rings. The smallest absolute Gasteiger partial charge is 0.306 e. The van der Waals surface area contributed by atoms with E-state index in [2.05, 4.69) is 29.2 Å². The molecule has 1 saturated heterocycles. The van der Waals surface area contributed by atoms with Crippen molar-refractivity contribution < 1.29 is 9.53 Å². The van der Waals surface area contributed by atoms with Crippen LogP contribution >= 0.6 is 0 Å². The van der Waals surface area contributed by atoms with Gasteiger partial charge in [0.25, 0.3) is 0 Å². The molecule has 0 amide bonds. The minimum absolute atomic E-state index is 0.0217. The monoisotopic (exact) mass is 259 g/mol. The highest BCUT2D eigenvalue weighted by molar-refractivity contribution is 5.71. The lowest BCUT2D eigenvalue weighted by atomic mass is 10.0. The molecule has 1 heterocycles. The number of esters is 1. The Morgan fingerprint density at radius 2 is 2.21 bits per heavy atom. The second-order valence-corrected chi connectivity index (χ2v) is 5.90. The summed E-state index contributed by atoms with van der Waals surface area (Å²) in [6.07, 6.45) is 1.81. The number of ether oxygens (including phenoxy) is 1. The van der Waals surface area contributed by atoms with Crippen LogP contribution in [0.15, 0.2) is 30.3 Å². The van der Waals surface area contributed by atoms with E-state index in [4.69, 9.17) is 4.74 Å². The average Bonchev–Trinajstić information content (AvgIpc) is 2.92. The summed E-state index contributed by atoms with van der Waals surface area (Å²) in [6, 6.07) is 10.6. The third-order valence-electron chi connectivity index (χ3n) is 4.43. The van der Waals surface area contributed by atoms with Gasteiger partial charge in [-0.2, -0.15) is 0 Å². The summed E-state index contributed by atoms with van der Waals surface area (Å²) in [7, 11) is 0. The number of carbonyl (C=O) groups is 1. The summed E-state index contributed by atoms with van der Waals surface area (Å²) >= 11 is 0. The van der Waals surface area contributed by atoms with Crippen LogP contribution in [0.4, 0.5) is 0 Å². The van der Waals surface area contributed by atoms with E-state index >= 15 is 0 Å². The van der Waals surface area contributed by atoms with Crippen LogP contribution in [0.2, 0.25) is 0 Å². The Bertz CT molecular complexity index is 459. The molecule has 0 aromatic heterocycles. The Labute approximate surface area is 114 Å². The molecular weight excluding hydrogens is 238 g/mol. The van der Waals surface area contributed by atoms with Crippen molar-refractivity contribution in [3.63, 3.8) is 0 Å². The van der Waals surface area contributed by atoms with Crippen LogP contribution in [0, 0.1) is 11.3 Å². The quantitative estimate of drug-likeness (QED) is 0.761. The number of piperidine rings is 1. The molecule has 102 valence electrons. The van der Waals surface area contributed by atoms with Gasteiger partial charge in [-0.05, 0) is 30.2 Å². The van der Waals surface area contributed by atoms with Crippen LogP contribution < -0.4 is 0 Å². The minimum atomic E-state index is -0.0217. The van der Waals surface area contributed by atoms with Gasteiger partial charge in [0, 0.05) is 19.6 Å². The van der Waals surface area contributed by atoms with Gasteiger partial charge in [0.05, 0.1) is 13.0 Å². The predicted octanol–water partition coefficient (Wildman–Crippen LogP) is 2.46. The van der Waals surface area contributed by atoms with Gasteiger partial charge >= 0.3 is 5.97 Å². The first kappa shape index (κ1) is 12.7. The molecule has 1 saturated carbocycles. The lowest BCUT2D eigenvalue weighted by Crippen LogP contribution is -2.26. The van der Waals surface area contributed by atoms with Crippen molar-refractivity contribution in [3.8, 4) is 0 Å². The summed E-state index contributed by atoms with van der Waals surface area (Å²) in [4.78, 5) is 14.1. The Balaban J connectivity index is 1.55. The normalized spacial score (nSPS) is 29.0. The Morgan fingerprint density at radius 1 is 1.42 bits per heavy atom. The number of benzene rings is 1. The first-order valence-electron chi connectivity index (χ1n) is 7.14. The number of likely N-dealkylation sites (tertiary alicyclic amines) is 1. The fourth-order valence-corrected chi connectivity index (χ4v) is 3.44. The molecule has 3 rings (SSSR count). The van der Waals surface area contributed by atoms with Gasteiger partial charge in [-0.3, -0.25) is 9.69 Å². The number of carbonyl (C=O) groups excluding carboxylic acids is 1. The zero-order valence-electron chi connectivity index (χ0n) is 11.5. The van der Waals surface area contributed by atoms with Crippen molar-refractivity contribution >= 4 is 5.97 Å². The van der Waals surface area contributed by atoms with Crippen molar-refractivity contribution in [1.82, 2.24) is 4.90 Å². The zero-order chi connectivity index (χ0) is 13.3. The van der Waals surface area contributed by atoms with Gasteiger partial charge in [0.2, 0.25) is 0 Å². The first-order valence-corrected chi connectivity index (χ1v) is 7.14. The molecule has 0 N–H and O–H groups in total. The maximum Gasteiger partial charge on any atom is 0.306 e. The first-order chi connectivity index (χ1) is 9.22. The second kappa shape index (κ2) is 4.97. The number of fused-ring (bicyclic) bond motifs is 1. The van der Waals surface area contributed by atoms with Crippen LogP contribution in [0.25, 0.3) is 0 Å². The SMILES string of the molecule is CCOC(=O)C[C@@]12C[C@@H]1CN(Cc1ccccc1)C2. The molecule has 2 atom stereocenters. The summed E-state index contributed by atoms with van der Waals surface area (Å²) < 4.78 is 5.09. The van der Waals surface area contributed by atoms with Crippen LogP contribution in [0.5, 0.6) is 0 Å². The lowest BCUT2D eigenvalue weighted by molar-refractivity contribution is -0.144. The topological polar surface area (TPSA) is 29.5 Å². The third kappa shape index (κ3) is 2.66. The Kier molecular flexibility index (Phi) is 3.31. The molecular formula is C16H21NO2. The summed E-state index contributed by atoms with van der Waals surface area (Å²) in [6.45, 7) is 5.55. The number of nitrogens with zero attached hydrogens (tertiary/aromatic N) is 1. The van der Waals surface area contributed by atoms with Crippen molar-refractivity contribution in [2.24, 2.45) is 11.3 Å². The highest BCUT2D eigenvalue weighted by atomic mass is 16.5. The van der Waals surface area contributed by atoms with Crippen LogP contribution in [0.3, 0.4) is 0 Å². The van der Waals surface area contributed by atoms with Crippen LogP contribution in [-0.4, -0.2) is 30.6 Å². The summed E-state index contributed by atoms with van der Waals surface area (Å²) in [5.74, 6) is 0.687. The largest absolute Gasteiger partial charge is 0.466 e. The van der Waals surface area contributed by atoms with Gasteiger partial charge in [-0.15, -0.1) is 0 Å². The number of hydrogen-bond donors (Lipinski definition) is 0. The van der Waals surface area contributed by atoms with E-state index < -0.39 is 0 Å². The van der Waals surface area contributed by atoms with Gasteiger partial charge in [0.15, 0.2) is 0 Å². The molecule has 2 aliphatic rings. The molecule has 1 aromatic carbocycles. The van der Waals surface area contributed by atoms with Gasteiger partial charge in [-0.1, -0.05) is 30.3 Å². The van der Waals surface area contributed by atoms with E-state index in [1.165, 1.54) is 12.0 Å². The maximum absolute atomic E-state index is 11.7. The number of rotatable bonds is 5.